The Hall–Kier alpha value is -2.57. The number of hydrazone groups is 1. The maximum Gasteiger partial charge on any atom is 0.240 e. The number of anilines is 1. The van der Waals surface area contributed by atoms with Crippen LogP contribution < -0.4 is 15.5 Å². The third-order valence-corrected chi connectivity index (χ3v) is 6.10. The smallest absolute Gasteiger partial charge is 0.240 e. The molecule has 0 aromatic heterocycles. The second kappa shape index (κ2) is 12.6. The van der Waals surface area contributed by atoms with E-state index in [1.54, 1.807) is 18.2 Å². The maximum atomic E-state index is 12.5. The highest BCUT2D eigenvalue weighted by molar-refractivity contribution is 6.35. The van der Waals surface area contributed by atoms with Crippen LogP contribution in [0.5, 0.6) is 5.75 Å². The van der Waals surface area contributed by atoms with E-state index >= 15 is 0 Å². The molecule has 0 spiro atoms. The molecule has 1 fully saturated rings. The number of nitrogens with one attached hydrogen (secondary N) is 2. The SMILES string of the molecule is C/C(=N/NC(=O)CCCOc1ccc(Cl)cc1Cl)c1cccc(NC(=O)C2CCCCC2)c1. The lowest BCUT2D eigenvalue weighted by molar-refractivity contribution is -0.121. The average Bonchev–Trinajstić information content (AvgIpc) is 2.82. The van der Waals surface area contributed by atoms with Gasteiger partial charge in [-0.05, 0) is 62.1 Å². The Morgan fingerprint density at radius 3 is 2.64 bits per heavy atom. The van der Waals surface area contributed by atoms with E-state index in [1.165, 1.54) is 6.42 Å². The number of halogens is 2. The largest absolute Gasteiger partial charge is 0.492 e. The zero-order valence-electron chi connectivity index (χ0n) is 18.7. The monoisotopic (exact) mass is 489 g/mol. The van der Waals surface area contributed by atoms with Crippen LogP contribution >= 0.6 is 23.2 Å². The van der Waals surface area contributed by atoms with E-state index in [9.17, 15) is 9.59 Å². The van der Waals surface area contributed by atoms with Crippen LogP contribution in [0.3, 0.4) is 0 Å². The Morgan fingerprint density at radius 1 is 1.09 bits per heavy atom. The van der Waals surface area contributed by atoms with Crippen molar-refractivity contribution >= 4 is 46.4 Å². The quantitative estimate of drug-likeness (QED) is 0.249. The van der Waals surface area contributed by atoms with Gasteiger partial charge in [0.15, 0.2) is 0 Å². The van der Waals surface area contributed by atoms with E-state index in [0.717, 1.165) is 36.9 Å². The summed E-state index contributed by atoms with van der Waals surface area (Å²) in [4.78, 5) is 24.6. The predicted octanol–water partition coefficient (Wildman–Crippen LogP) is 6.21. The molecule has 2 N–H and O–H groups in total. The third kappa shape index (κ3) is 8.06. The van der Waals surface area contributed by atoms with Gasteiger partial charge in [0.2, 0.25) is 11.8 Å². The van der Waals surface area contributed by atoms with E-state index < -0.39 is 0 Å². The highest BCUT2D eigenvalue weighted by Gasteiger charge is 2.21. The molecule has 0 aliphatic heterocycles. The molecule has 0 unspecified atom stereocenters. The summed E-state index contributed by atoms with van der Waals surface area (Å²) in [6, 6.07) is 12.5. The van der Waals surface area contributed by atoms with Gasteiger partial charge in [0, 0.05) is 23.0 Å². The van der Waals surface area contributed by atoms with Crippen LogP contribution in [0.1, 0.15) is 57.4 Å². The summed E-state index contributed by atoms with van der Waals surface area (Å²) >= 11 is 11.9. The number of carbonyl (C=O) groups excluding carboxylic acids is 2. The molecule has 1 aliphatic rings. The Kier molecular flexibility index (Phi) is 9.58. The molecule has 2 amide bonds. The number of benzene rings is 2. The van der Waals surface area contributed by atoms with E-state index in [2.05, 4.69) is 15.8 Å². The van der Waals surface area contributed by atoms with E-state index in [1.807, 2.05) is 31.2 Å². The number of rotatable bonds is 9. The summed E-state index contributed by atoms with van der Waals surface area (Å²) in [5, 5.41) is 8.18. The zero-order chi connectivity index (χ0) is 23.6. The minimum absolute atomic E-state index is 0.0804. The fourth-order valence-electron chi connectivity index (χ4n) is 3.70. The van der Waals surface area contributed by atoms with Crippen molar-refractivity contribution in [2.75, 3.05) is 11.9 Å². The van der Waals surface area contributed by atoms with Gasteiger partial charge in [-0.3, -0.25) is 9.59 Å². The number of nitrogens with zero attached hydrogens (tertiary/aromatic N) is 1. The highest BCUT2D eigenvalue weighted by atomic mass is 35.5. The third-order valence-electron chi connectivity index (χ3n) is 5.57. The van der Waals surface area contributed by atoms with Crippen molar-refractivity contribution in [3.8, 4) is 5.75 Å². The molecule has 0 radical (unpaired) electrons. The van der Waals surface area contributed by atoms with Gasteiger partial charge < -0.3 is 10.1 Å². The first-order chi connectivity index (χ1) is 15.9. The second-order valence-electron chi connectivity index (χ2n) is 8.16. The zero-order valence-corrected chi connectivity index (χ0v) is 20.2. The molecule has 1 saturated carbocycles. The first-order valence-electron chi connectivity index (χ1n) is 11.2. The van der Waals surface area contributed by atoms with Gasteiger partial charge in [-0.1, -0.05) is 54.6 Å². The average molecular weight is 490 g/mol. The topological polar surface area (TPSA) is 79.8 Å². The van der Waals surface area contributed by atoms with Crippen molar-refractivity contribution in [2.24, 2.45) is 11.0 Å². The van der Waals surface area contributed by atoms with E-state index in [-0.39, 0.29) is 24.2 Å². The minimum atomic E-state index is -0.207. The van der Waals surface area contributed by atoms with Crippen molar-refractivity contribution in [1.82, 2.24) is 5.43 Å². The molecule has 1 aliphatic carbocycles. The van der Waals surface area contributed by atoms with Crippen molar-refractivity contribution in [2.45, 2.75) is 51.9 Å². The number of hydrogen-bond donors (Lipinski definition) is 2. The summed E-state index contributed by atoms with van der Waals surface area (Å²) in [7, 11) is 0. The Morgan fingerprint density at radius 2 is 1.88 bits per heavy atom. The van der Waals surface area contributed by atoms with E-state index in [4.69, 9.17) is 27.9 Å². The Balaban J connectivity index is 1.44. The van der Waals surface area contributed by atoms with Crippen LogP contribution in [0.15, 0.2) is 47.6 Å². The van der Waals surface area contributed by atoms with Gasteiger partial charge >= 0.3 is 0 Å². The molecule has 0 heterocycles. The number of hydrogen-bond acceptors (Lipinski definition) is 4. The first kappa shape index (κ1) is 25.1. The van der Waals surface area contributed by atoms with Gasteiger partial charge in [-0.15, -0.1) is 0 Å². The number of amides is 2. The summed E-state index contributed by atoms with van der Waals surface area (Å²) < 4.78 is 5.58. The molecule has 2 aromatic carbocycles. The van der Waals surface area contributed by atoms with Gasteiger partial charge in [0.05, 0.1) is 17.3 Å². The molecule has 0 saturated heterocycles. The fraction of sp³-hybridized carbons (Fsp3) is 0.400. The summed E-state index contributed by atoms with van der Waals surface area (Å²) in [6.07, 6.45) is 6.13. The Bertz CT molecular complexity index is 1000. The molecular formula is C25H29Cl2N3O3. The van der Waals surface area contributed by atoms with Crippen LogP contribution in [-0.2, 0) is 9.59 Å². The summed E-state index contributed by atoms with van der Waals surface area (Å²) in [5.41, 5.74) is 4.80. The molecule has 0 bridgehead atoms. The van der Waals surface area contributed by atoms with Crippen LogP contribution in [0.2, 0.25) is 10.0 Å². The summed E-state index contributed by atoms with van der Waals surface area (Å²) in [5.74, 6) is 0.501. The summed E-state index contributed by atoms with van der Waals surface area (Å²) in [6.45, 7) is 2.16. The predicted molar refractivity (Wildman–Crippen MR) is 133 cm³/mol. The normalized spacial score (nSPS) is 14.6. The molecule has 8 heteroatoms. The minimum Gasteiger partial charge on any atom is -0.492 e. The van der Waals surface area contributed by atoms with E-state index in [0.29, 0.717) is 34.5 Å². The van der Waals surface area contributed by atoms with Crippen molar-refractivity contribution in [3.63, 3.8) is 0 Å². The number of ether oxygens (including phenoxy) is 1. The molecule has 2 aromatic rings. The molecular weight excluding hydrogens is 461 g/mol. The highest BCUT2D eigenvalue weighted by Crippen LogP contribution is 2.27. The van der Waals surface area contributed by atoms with Crippen LogP contribution in [0.25, 0.3) is 0 Å². The molecule has 33 heavy (non-hydrogen) atoms. The molecule has 6 nitrogen and oxygen atoms in total. The number of carbonyl (C=O) groups is 2. The van der Waals surface area contributed by atoms with Crippen LogP contribution in [-0.4, -0.2) is 24.1 Å². The fourth-order valence-corrected chi connectivity index (χ4v) is 4.17. The van der Waals surface area contributed by atoms with Gasteiger partial charge in [-0.25, -0.2) is 5.43 Å². The lowest BCUT2D eigenvalue weighted by Crippen LogP contribution is -2.24. The standard InChI is InChI=1S/C25H29Cl2N3O3/c1-17(19-9-5-10-21(15-19)28-25(32)18-7-3-2-4-8-18)29-30-24(31)11-6-14-33-23-13-12-20(26)16-22(23)27/h5,9-10,12-13,15-16,18H,2-4,6-8,11,14H2,1H3,(H,28,32)(H,30,31)/b29-17-. The van der Waals surface area contributed by atoms with Gasteiger partial charge in [0.25, 0.3) is 0 Å². The molecule has 0 atom stereocenters. The molecule has 176 valence electrons. The second-order valence-corrected chi connectivity index (χ2v) is 9.01. The lowest BCUT2D eigenvalue weighted by atomic mass is 9.88. The lowest BCUT2D eigenvalue weighted by Gasteiger charge is -2.20. The van der Waals surface area contributed by atoms with Crippen molar-refractivity contribution in [1.29, 1.82) is 0 Å². The molecule has 3 rings (SSSR count). The van der Waals surface area contributed by atoms with Crippen LogP contribution in [0, 0.1) is 5.92 Å². The van der Waals surface area contributed by atoms with Gasteiger partial charge in [-0.2, -0.15) is 5.10 Å². The van der Waals surface area contributed by atoms with Crippen LogP contribution in [0.4, 0.5) is 5.69 Å². The Labute approximate surface area is 204 Å². The van der Waals surface area contributed by atoms with Gasteiger partial charge in [0.1, 0.15) is 5.75 Å². The van der Waals surface area contributed by atoms with Crippen molar-refractivity contribution < 1.29 is 14.3 Å². The first-order valence-corrected chi connectivity index (χ1v) is 12.0. The maximum absolute atomic E-state index is 12.5. The van der Waals surface area contributed by atoms with Crippen molar-refractivity contribution in [3.05, 3.63) is 58.1 Å².